The molecule has 0 N–H and O–H groups in total. The molecular formula is C15H29N3O2. The summed E-state index contributed by atoms with van der Waals surface area (Å²) in [7, 11) is 0. The van der Waals surface area contributed by atoms with Crippen LogP contribution in [0.5, 0.6) is 0 Å². The van der Waals surface area contributed by atoms with Crippen molar-refractivity contribution >= 4 is 5.97 Å². The predicted molar refractivity (Wildman–Crippen MR) is 79.2 cm³/mol. The first-order valence-corrected chi connectivity index (χ1v) is 7.87. The molecule has 2 saturated heterocycles. The number of carbonyl (C=O) groups excluding carboxylic acids is 1. The molecule has 2 rings (SSSR count). The molecule has 2 aliphatic heterocycles. The van der Waals surface area contributed by atoms with Crippen LogP contribution in [0.2, 0.25) is 0 Å². The fourth-order valence-corrected chi connectivity index (χ4v) is 2.59. The number of hydroxylamine groups is 2. The zero-order chi connectivity index (χ0) is 14.6. The molecule has 0 aromatic carbocycles. The van der Waals surface area contributed by atoms with E-state index in [1.807, 2.05) is 25.8 Å². The summed E-state index contributed by atoms with van der Waals surface area (Å²) in [5, 5.41) is 1.82. The highest BCUT2D eigenvalue weighted by Gasteiger charge is 2.27. The van der Waals surface area contributed by atoms with Gasteiger partial charge in [0.15, 0.2) is 0 Å². The van der Waals surface area contributed by atoms with Gasteiger partial charge in [0, 0.05) is 39.3 Å². The minimum Gasteiger partial charge on any atom is -0.367 e. The number of hydrogen-bond donors (Lipinski definition) is 0. The van der Waals surface area contributed by atoms with E-state index in [0.29, 0.717) is 0 Å². The van der Waals surface area contributed by atoms with E-state index in [1.54, 1.807) is 0 Å². The molecule has 0 aliphatic carbocycles. The monoisotopic (exact) mass is 283 g/mol. The van der Waals surface area contributed by atoms with Gasteiger partial charge in [-0.1, -0.05) is 0 Å². The summed E-state index contributed by atoms with van der Waals surface area (Å²) >= 11 is 0. The lowest BCUT2D eigenvalue weighted by Gasteiger charge is -2.35. The Bertz CT molecular complexity index is 314. The average molecular weight is 283 g/mol. The van der Waals surface area contributed by atoms with E-state index in [-0.39, 0.29) is 5.97 Å². The third-order valence-corrected chi connectivity index (χ3v) is 4.09. The number of rotatable bonds is 4. The van der Waals surface area contributed by atoms with E-state index >= 15 is 0 Å². The summed E-state index contributed by atoms with van der Waals surface area (Å²) in [6, 6.07) is 0. The zero-order valence-corrected chi connectivity index (χ0v) is 13.2. The van der Waals surface area contributed by atoms with Gasteiger partial charge in [0.2, 0.25) is 0 Å². The SMILES string of the molecule is CC(C)(C)C(=O)ON1CCN(CCN2CCCC2)CC1. The van der Waals surface area contributed by atoms with Gasteiger partial charge in [-0.05, 0) is 46.7 Å². The van der Waals surface area contributed by atoms with Crippen molar-refractivity contribution in [1.82, 2.24) is 14.9 Å². The Morgan fingerprint density at radius 2 is 1.40 bits per heavy atom. The Hall–Kier alpha value is -0.650. The molecule has 5 heteroatoms. The molecular weight excluding hydrogens is 254 g/mol. The minimum atomic E-state index is -0.424. The molecule has 0 atom stereocenters. The Kier molecular flexibility index (Phi) is 5.41. The molecule has 0 radical (unpaired) electrons. The summed E-state index contributed by atoms with van der Waals surface area (Å²) in [5.41, 5.74) is -0.424. The molecule has 20 heavy (non-hydrogen) atoms. The number of nitrogens with zero attached hydrogens (tertiary/aromatic N) is 3. The number of likely N-dealkylation sites (tertiary alicyclic amines) is 1. The zero-order valence-electron chi connectivity index (χ0n) is 13.2. The summed E-state index contributed by atoms with van der Waals surface area (Å²) < 4.78 is 0. The van der Waals surface area contributed by atoms with E-state index < -0.39 is 5.41 Å². The second-order valence-corrected chi connectivity index (χ2v) is 6.95. The summed E-state index contributed by atoms with van der Waals surface area (Å²) in [6.07, 6.45) is 2.72. The van der Waals surface area contributed by atoms with Crippen molar-refractivity contribution in [2.24, 2.45) is 5.41 Å². The largest absolute Gasteiger partial charge is 0.367 e. The fraction of sp³-hybridized carbons (Fsp3) is 0.933. The normalized spacial score (nSPS) is 23.1. The van der Waals surface area contributed by atoms with Gasteiger partial charge in [-0.3, -0.25) is 4.90 Å². The van der Waals surface area contributed by atoms with Gasteiger partial charge >= 0.3 is 5.97 Å². The van der Waals surface area contributed by atoms with Crippen LogP contribution in [0.25, 0.3) is 0 Å². The lowest BCUT2D eigenvalue weighted by Crippen LogP contribution is -2.49. The van der Waals surface area contributed by atoms with Crippen LogP contribution in [0.15, 0.2) is 0 Å². The van der Waals surface area contributed by atoms with Crippen molar-refractivity contribution in [3.63, 3.8) is 0 Å². The Balaban J connectivity index is 1.63. The van der Waals surface area contributed by atoms with Crippen molar-refractivity contribution in [1.29, 1.82) is 0 Å². The second kappa shape index (κ2) is 6.87. The number of hydrogen-bond acceptors (Lipinski definition) is 5. The fourth-order valence-electron chi connectivity index (χ4n) is 2.59. The maximum absolute atomic E-state index is 11.8. The van der Waals surface area contributed by atoms with Gasteiger partial charge in [-0.2, -0.15) is 0 Å². The van der Waals surface area contributed by atoms with Crippen molar-refractivity contribution in [3.8, 4) is 0 Å². The quantitative estimate of drug-likeness (QED) is 0.775. The predicted octanol–water partition coefficient (Wildman–Crippen LogP) is 1.20. The van der Waals surface area contributed by atoms with E-state index in [0.717, 1.165) is 32.7 Å². The third-order valence-electron chi connectivity index (χ3n) is 4.09. The topological polar surface area (TPSA) is 36.0 Å². The van der Waals surface area contributed by atoms with Crippen LogP contribution < -0.4 is 0 Å². The average Bonchev–Trinajstić information content (AvgIpc) is 2.90. The maximum atomic E-state index is 11.8. The first-order chi connectivity index (χ1) is 9.45. The first kappa shape index (κ1) is 15.7. The van der Waals surface area contributed by atoms with Gasteiger partial charge in [0.05, 0.1) is 5.41 Å². The summed E-state index contributed by atoms with van der Waals surface area (Å²) in [5.74, 6) is -0.136. The third kappa shape index (κ3) is 4.72. The minimum absolute atomic E-state index is 0.136. The van der Waals surface area contributed by atoms with Gasteiger partial charge in [0.1, 0.15) is 0 Å². The molecule has 2 fully saturated rings. The highest BCUT2D eigenvalue weighted by molar-refractivity contribution is 5.75. The number of carbonyl (C=O) groups is 1. The van der Waals surface area contributed by atoms with Crippen LogP contribution in [0.3, 0.4) is 0 Å². The molecule has 0 unspecified atom stereocenters. The van der Waals surface area contributed by atoms with Gasteiger partial charge in [0.25, 0.3) is 0 Å². The first-order valence-electron chi connectivity index (χ1n) is 7.87. The van der Waals surface area contributed by atoms with Crippen LogP contribution in [-0.4, -0.2) is 73.2 Å². The Morgan fingerprint density at radius 3 is 1.90 bits per heavy atom. The van der Waals surface area contributed by atoms with Crippen molar-refractivity contribution in [2.75, 3.05) is 52.4 Å². The number of piperazine rings is 1. The standard InChI is InChI=1S/C15H29N3O2/c1-15(2,3)14(19)20-18-12-10-17(11-13-18)9-8-16-6-4-5-7-16/h4-13H2,1-3H3. The van der Waals surface area contributed by atoms with Crippen LogP contribution in [0.1, 0.15) is 33.6 Å². The Morgan fingerprint density at radius 1 is 0.900 bits per heavy atom. The van der Waals surface area contributed by atoms with Crippen LogP contribution >= 0.6 is 0 Å². The van der Waals surface area contributed by atoms with Crippen molar-refractivity contribution < 1.29 is 9.63 Å². The molecule has 116 valence electrons. The summed E-state index contributed by atoms with van der Waals surface area (Å²) in [4.78, 5) is 22.3. The molecule has 5 nitrogen and oxygen atoms in total. The lowest BCUT2D eigenvalue weighted by molar-refractivity contribution is -0.206. The van der Waals surface area contributed by atoms with E-state index in [9.17, 15) is 4.79 Å². The van der Waals surface area contributed by atoms with Crippen LogP contribution in [0, 0.1) is 5.41 Å². The lowest BCUT2D eigenvalue weighted by atomic mass is 9.98. The van der Waals surface area contributed by atoms with Gasteiger partial charge in [-0.25, -0.2) is 4.79 Å². The highest BCUT2D eigenvalue weighted by atomic mass is 16.7. The van der Waals surface area contributed by atoms with E-state index in [2.05, 4.69) is 9.80 Å². The molecule has 0 saturated carbocycles. The highest BCUT2D eigenvalue weighted by Crippen LogP contribution is 2.17. The van der Waals surface area contributed by atoms with Crippen LogP contribution in [0.4, 0.5) is 0 Å². The molecule has 0 aromatic rings. The van der Waals surface area contributed by atoms with Crippen LogP contribution in [-0.2, 0) is 9.63 Å². The van der Waals surface area contributed by atoms with E-state index in [1.165, 1.54) is 32.5 Å². The summed E-state index contributed by atoms with van der Waals surface area (Å²) in [6.45, 7) is 14.2. The molecule has 0 bridgehead atoms. The molecule has 2 aliphatic rings. The molecule has 0 aromatic heterocycles. The smallest absolute Gasteiger partial charge is 0.330 e. The maximum Gasteiger partial charge on any atom is 0.330 e. The van der Waals surface area contributed by atoms with Gasteiger partial charge in [-0.15, -0.1) is 5.06 Å². The van der Waals surface area contributed by atoms with Crippen molar-refractivity contribution in [2.45, 2.75) is 33.6 Å². The molecule has 0 spiro atoms. The second-order valence-electron chi connectivity index (χ2n) is 6.95. The Labute approximate surface area is 122 Å². The van der Waals surface area contributed by atoms with E-state index in [4.69, 9.17) is 4.84 Å². The van der Waals surface area contributed by atoms with Crippen molar-refractivity contribution in [3.05, 3.63) is 0 Å². The van der Waals surface area contributed by atoms with Gasteiger partial charge < -0.3 is 9.74 Å². The molecule has 0 amide bonds. The molecule has 2 heterocycles.